The lowest BCUT2D eigenvalue weighted by atomic mass is 9.49. The Hall–Kier alpha value is -1.59. The zero-order chi connectivity index (χ0) is 17.7. The highest BCUT2D eigenvalue weighted by Gasteiger charge is 2.74. The molecule has 1 aromatic carbocycles. The first kappa shape index (κ1) is 15.5. The first-order valence-electron chi connectivity index (χ1n) is 9.94. The SMILES string of the molecule is CO[C@@]12CCC(=O)[C@H]3Oc4c(O)ccc5c4[C@@]31CCN(CC1CC1)[C@@H]2C5. The molecule has 3 fully saturated rings. The largest absolute Gasteiger partial charge is 0.504 e. The molecular weight excluding hydrogens is 330 g/mol. The van der Waals surface area contributed by atoms with Crippen molar-refractivity contribution in [2.45, 2.75) is 61.7 Å². The molecule has 5 nitrogen and oxygen atoms in total. The lowest BCUT2D eigenvalue weighted by molar-refractivity contribution is -0.202. The van der Waals surface area contributed by atoms with Gasteiger partial charge in [-0.2, -0.15) is 0 Å². The van der Waals surface area contributed by atoms with Gasteiger partial charge in [-0.25, -0.2) is 0 Å². The molecule has 138 valence electrons. The zero-order valence-corrected chi connectivity index (χ0v) is 15.2. The molecule has 1 saturated heterocycles. The molecule has 0 radical (unpaired) electrons. The van der Waals surface area contributed by atoms with Gasteiger partial charge in [0.05, 0.1) is 11.0 Å². The van der Waals surface area contributed by atoms with Crippen molar-refractivity contribution in [2.75, 3.05) is 20.2 Å². The molecule has 2 aliphatic heterocycles. The summed E-state index contributed by atoms with van der Waals surface area (Å²) in [5, 5.41) is 10.4. The highest BCUT2D eigenvalue weighted by molar-refractivity contribution is 5.90. The smallest absolute Gasteiger partial charge is 0.174 e. The van der Waals surface area contributed by atoms with Gasteiger partial charge in [-0.3, -0.25) is 9.69 Å². The van der Waals surface area contributed by atoms with E-state index in [4.69, 9.17) is 9.47 Å². The Morgan fingerprint density at radius 3 is 2.96 bits per heavy atom. The third kappa shape index (κ3) is 1.59. The van der Waals surface area contributed by atoms with Crippen molar-refractivity contribution in [3.05, 3.63) is 23.3 Å². The number of hydrogen-bond donors (Lipinski definition) is 1. The summed E-state index contributed by atoms with van der Waals surface area (Å²) in [5.41, 5.74) is 1.46. The zero-order valence-electron chi connectivity index (χ0n) is 15.2. The predicted octanol–water partition coefficient (Wildman–Crippen LogP) is 2.18. The number of rotatable bonds is 3. The number of benzene rings is 1. The molecule has 0 amide bonds. The van der Waals surface area contributed by atoms with Crippen molar-refractivity contribution in [1.82, 2.24) is 4.90 Å². The van der Waals surface area contributed by atoms with E-state index in [0.29, 0.717) is 12.2 Å². The summed E-state index contributed by atoms with van der Waals surface area (Å²) >= 11 is 0. The van der Waals surface area contributed by atoms with Crippen LogP contribution in [0.25, 0.3) is 0 Å². The first-order valence-corrected chi connectivity index (χ1v) is 9.94. The van der Waals surface area contributed by atoms with Crippen LogP contribution in [0.1, 0.15) is 43.2 Å². The molecule has 2 heterocycles. The Labute approximate surface area is 153 Å². The monoisotopic (exact) mass is 355 g/mol. The van der Waals surface area contributed by atoms with Gasteiger partial charge in [0.2, 0.25) is 0 Å². The summed E-state index contributed by atoms with van der Waals surface area (Å²) < 4.78 is 12.5. The molecule has 26 heavy (non-hydrogen) atoms. The molecule has 4 atom stereocenters. The Morgan fingerprint density at radius 1 is 1.35 bits per heavy atom. The van der Waals surface area contributed by atoms with Crippen molar-refractivity contribution in [2.24, 2.45) is 5.92 Å². The van der Waals surface area contributed by atoms with Gasteiger partial charge < -0.3 is 14.6 Å². The van der Waals surface area contributed by atoms with E-state index in [-0.39, 0.29) is 17.6 Å². The van der Waals surface area contributed by atoms with Crippen LogP contribution in [0.15, 0.2) is 12.1 Å². The second-order valence-electron chi connectivity index (χ2n) is 8.89. The average molecular weight is 355 g/mol. The van der Waals surface area contributed by atoms with Crippen molar-refractivity contribution in [3.63, 3.8) is 0 Å². The van der Waals surface area contributed by atoms with Crippen LogP contribution in [-0.4, -0.2) is 53.7 Å². The summed E-state index contributed by atoms with van der Waals surface area (Å²) in [6, 6.07) is 4.05. The number of ketones is 1. The Kier molecular flexibility index (Phi) is 2.86. The van der Waals surface area contributed by atoms with Crippen molar-refractivity contribution in [1.29, 1.82) is 0 Å². The number of likely N-dealkylation sites (tertiary alicyclic amines) is 1. The predicted molar refractivity (Wildman–Crippen MR) is 94.6 cm³/mol. The molecule has 1 aromatic rings. The Balaban J connectivity index is 1.60. The number of carbonyl (C=O) groups is 1. The summed E-state index contributed by atoms with van der Waals surface area (Å²) in [6.07, 6.45) is 5.20. The van der Waals surface area contributed by atoms with Gasteiger partial charge in [0, 0.05) is 31.7 Å². The van der Waals surface area contributed by atoms with E-state index < -0.39 is 17.1 Å². The number of methoxy groups -OCH3 is 1. The highest BCUT2D eigenvalue weighted by Crippen LogP contribution is 2.65. The minimum absolute atomic E-state index is 0.157. The van der Waals surface area contributed by atoms with Gasteiger partial charge in [0.1, 0.15) is 0 Å². The first-order chi connectivity index (χ1) is 12.6. The molecule has 5 aliphatic rings. The van der Waals surface area contributed by atoms with Crippen LogP contribution in [0.4, 0.5) is 0 Å². The second-order valence-corrected chi connectivity index (χ2v) is 8.89. The maximum atomic E-state index is 12.9. The standard InChI is InChI=1S/C21H25NO4/c1-25-21-7-6-15(24)19-20(21)8-9-22(11-12-2-3-12)16(21)10-13-4-5-14(23)18(26-19)17(13)20/h4-5,12,16,19,23H,2-3,6-11H2,1H3/t16-,19-,20+,21-/m1/s1. The Bertz CT molecular complexity index is 818. The van der Waals surface area contributed by atoms with Crippen LogP contribution in [0.3, 0.4) is 0 Å². The van der Waals surface area contributed by atoms with Crippen LogP contribution in [0.5, 0.6) is 11.5 Å². The van der Waals surface area contributed by atoms with Crippen molar-refractivity contribution >= 4 is 5.78 Å². The second kappa shape index (κ2) is 4.82. The number of phenolic OH excluding ortho intramolecular Hbond substituents is 1. The van der Waals surface area contributed by atoms with Crippen LogP contribution in [-0.2, 0) is 21.4 Å². The van der Waals surface area contributed by atoms with Crippen LogP contribution in [0, 0.1) is 5.92 Å². The van der Waals surface area contributed by atoms with Crippen LogP contribution >= 0.6 is 0 Å². The molecular formula is C21H25NO4. The highest BCUT2D eigenvalue weighted by atomic mass is 16.5. The van der Waals surface area contributed by atoms with E-state index in [2.05, 4.69) is 4.90 Å². The van der Waals surface area contributed by atoms with Gasteiger partial charge in [0.15, 0.2) is 23.4 Å². The minimum atomic E-state index is -0.510. The summed E-state index contributed by atoms with van der Waals surface area (Å²) in [5.74, 6) is 1.69. The minimum Gasteiger partial charge on any atom is -0.504 e. The molecule has 2 saturated carbocycles. The van der Waals surface area contributed by atoms with Gasteiger partial charge in [-0.1, -0.05) is 6.07 Å². The van der Waals surface area contributed by atoms with E-state index in [1.165, 1.54) is 18.4 Å². The number of aromatic hydroxyl groups is 1. The third-order valence-electron chi connectivity index (χ3n) is 7.88. The molecule has 6 rings (SSSR count). The lowest BCUT2D eigenvalue weighted by Gasteiger charge is -2.64. The number of phenols is 1. The lowest BCUT2D eigenvalue weighted by Crippen LogP contribution is -2.77. The number of piperidine rings is 1. The number of nitrogens with zero attached hydrogens (tertiary/aromatic N) is 1. The fourth-order valence-corrected chi connectivity index (χ4v) is 6.65. The van der Waals surface area contributed by atoms with Crippen molar-refractivity contribution in [3.8, 4) is 11.5 Å². The maximum absolute atomic E-state index is 12.9. The third-order valence-corrected chi connectivity index (χ3v) is 7.88. The molecule has 3 aliphatic carbocycles. The maximum Gasteiger partial charge on any atom is 0.174 e. The molecule has 1 N–H and O–H groups in total. The van der Waals surface area contributed by atoms with E-state index in [1.807, 2.05) is 13.2 Å². The number of Topliss-reactive ketones (excluding diaryl/α,β-unsaturated/α-hetero) is 1. The van der Waals surface area contributed by atoms with E-state index in [0.717, 1.165) is 43.8 Å². The quantitative estimate of drug-likeness (QED) is 0.901. The molecule has 0 unspecified atom stereocenters. The molecule has 5 heteroatoms. The fourth-order valence-electron chi connectivity index (χ4n) is 6.65. The molecule has 0 aromatic heterocycles. The van der Waals surface area contributed by atoms with Crippen molar-refractivity contribution < 1.29 is 19.4 Å². The number of ether oxygens (including phenoxy) is 2. The molecule has 1 spiro atoms. The summed E-state index contributed by atoms with van der Waals surface area (Å²) in [4.78, 5) is 15.5. The van der Waals surface area contributed by atoms with Crippen LogP contribution < -0.4 is 4.74 Å². The summed E-state index contributed by atoms with van der Waals surface area (Å²) in [6.45, 7) is 2.12. The topological polar surface area (TPSA) is 59.0 Å². The van der Waals surface area contributed by atoms with Gasteiger partial charge in [-0.05, 0) is 56.2 Å². The fraction of sp³-hybridized carbons (Fsp3) is 0.667. The normalized spacial score (nSPS) is 40.3. The molecule has 2 bridgehead atoms. The van der Waals surface area contributed by atoms with E-state index in [9.17, 15) is 9.90 Å². The Morgan fingerprint density at radius 2 is 2.19 bits per heavy atom. The van der Waals surface area contributed by atoms with Gasteiger partial charge in [0.25, 0.3) is 0 Å². The van der Waals surface area contributed by atoms with E-state index >= 15 is 0 Å². The summed E-state index contributed by atoms with van der Waals surface area (Å²) in [7, 11) is 1.81. The average Bonchev–Trinajstić information content (AvgIpc) is 3.38. The van der Waals surface area contributed by atoms with E-state index in [1.54, 1.807) is 6.07 Å². The van der Waals surface area contributed by atoms with Crippen LogP contribution in [0.2, 0.25) is 0 Å². The number of carbonyl (C=O) groups excluding carboxylic acids is 1. The number of hydrogen-bond acceptors (Lipinski definition) is 5. The van der Waals surface area contributed by atoms with Gasteiger partial charge in [-0.15, -0.1) is 0 Å². The van der Waals surface area contributed by atoms with Gasteiger partial charge >= 0.3 is 0 Å².